The molecule has 1 aromatic rings. The molecule has 0 aliphatic rings. The number of anilines is 1. The van der Waals surface area contributed by atoms with Crippen molar-refractivity contribution in [3.63, 3.8) is 0 Å². The highest BCUT2D eigenvalue weighted by molar-refractivity contribution is 5.88. The average Bonchev–Trinajstić information content (AvgIpc) is 2.14. The van der Waals surface area contributed by atoms with E-state index in [0.717, 1.165) is 6.07 Å². The van der Waals surface area contributed by atoms with Gasteiger partial charge in [-0.1, -0.05) is 0 Å². The summed E-state index contributed by atoms with van der Waals surface area (Å²) < 4.78 is 38.8. The summed E-state index contributed by atoms with van der Waals surface area (Å²) in [6.45, 7) is -0.809. The fraction of sp³-hybridized carbons (Fsp3) is 0.222. The first-order valence-electron chi connectivity index (χ1n) is 4.12. The fourth-order valence-corrected chi connectivity index (χ4v) is 1.02. The van der Waals surface area contributed by atoms with Crippen LogP contribution in [0.2, 0.25) is 0 Å². The molecule has 4 nitrogen and oxygen atoms in total. The highest BCUT2D eigenvalue weighted by Gasteiger charge is 2.29. The Bertz CT molecular complexity index is 403. The Kier molecular flexibility index (Phi) is 3.38. The minimum atomic E-state index is -4.77. The Balaban J connectivity index is 2.86. The molecule has 0 unspecified atom stereocenters. The molecule has 0 aliphatic carbocycles. The molecular weight excluding hydrogens is 227 g/mol. The zero-order chi connectivity index (χ0) is 12.3. The average molecular weight is 235 g/mol. The molecule has 0 aromatic heterocycles. The van der Waals surface area contributed by atoms with E-state index in [1.165, 1.54) is 12.1 Å². The van der Waals surface area contributed by atoms with Gasteiger partial charge in [-0.05, 0) is 18.2 Å². The van der Waals surface area contributed by atoms with Crippen molar-refractivity contribution >= 4 is 11.7 Å². The predicted octanol–water partition coefficient (Wildman–Crippen LogP) is 2.00. The zero-order valence-corrected chi connectivity index (χ0v) is 7.91. The van der Waals surface area contributed by atoms with Crippen LogP contribution in [0.3, 0.4) is 0 Å². The number of nitrogens with two attached hydrogens (primary N) is 1. The van der Waals surface area contributed by atoms with Crippen molar-refractivity contribution in [2.75, 3.05) is 5.73 Å². The third-order valence-electron chi connectivity index (χ3n) is 1.78. The Morgan fingerprint density at radius 1 is 1.44 bits per heavy atom. The van der Waals surface area contributed by atoms with Crippen LogP contribution in [0.5, 0.6) is 0 Å². The first kappa shape index (κ1) is 12.3. The molecule has 7 heteroatoms. The van der Waals surface area contributed by atoms with Gasteiger partial charge in [0.2, 0.25) is 0 Å². The fourth-order valence-electron chi connectivity index (χ4n) is 1.02. The number of rotatable bonds is 3. The SMILES string of the molecule is Nc1ccc(C(=O)O)cc1COC(F)(F)F. The second-order valence-corrected chi connectivity index (χ2v) is 2.95. The van der Waals surface area contributed by atoms with Crippen LogP contribution in [0.4, 0.5) is 18.9 Å². The van der Waals surface area contributed by atoms with Crippen LogP contribution in [0.1, 0.15) is 15.9 Å². The monoisotopic (exact) mass is 235 g/mol. The summed E-state index contributed by atoms with van der Waals surface area (Å²) in [4.78, 5) is 10.6. The first-order valence-corrected chi connectivity index (χ1v) is 4.12. The lowest BCUT2D eigenvalue weighted by Crippen LogP contribution is -2.14. The molecule has 0 heterocycles. The van der Waals surface area contributed by atoms with Crippen molar-refractivity contribution < 1.29 is 27.8 Å². The number of alkyl halides is 3. The third kappa shape index (κ3) is 3.43. The van der Waals surface area contributed by atoms with E-state index < -0.39 is 18.9 Å². The highest BCUT2D eigenvalue weighted by Crippen LogP contribution is 2.22. The summed E-state index contributed by atoms with van der Waals surface area (Å²) in [6.07, 6.45) is -4.77. The molecule has 0 amide bonds. The van der Waals surface area contributed by atoms with Crippen LogP contribution in [0.25, 0.3) is 0 Å². The van der Waals surface area contributed by atoms with E-state index in [1.54, 1.807) is 0 Å². The Morgan fingerprint density at radius 3 is 2.56 bits per heavy atom. The van der Waals surface area contributed by atoms with E-state index in [0.29, 0.717) is 0 Å². The maximum absolute atomic E-state index is 11.8. The molecule has 3 N–H and O–H groups in total. The van der Waals surface area contributed by atoms with Gasteiger partial charge in [0.1, 0.15) is 0 Å². The van der Waals surface area contributed by atoms with Gasteiger partial charge < -0.3 is 10.8 Å². The summed E-state index contributed by atoms with van der Waals surface area (Å²) in [6, 6.07) is 3.47. The molecule has 0 aliphatic heterocycles. The topological polar surface area (TPSA) is 72.6 Å². The number of benzene rings is 1. The molecule has 0 radical (unpaired) electrons. The number of halogens is 3. The number of nitrogen functional groups attached to an aromatic ring is 1. The number of hydrogen-bond donors (Lipinski definition) is 2. The normalized spacial score (nSPS) is 11.4. The maximum Gasteiger partial charge on any atom is 0.522 e. The van der Waals surface area contributed by atoms with E-state index in [4.69, 9.17) is 10.8 Å². The molecule has 0 spiro atoms. The van der Waals surface area contributed by atoms with Gasteiger partial charge in [-0.2, -0.15) is 0 Å². The third-order valence-corrected chi connectivity index (χ3v) is 1.78. The van der Waals surface area contributed by atoms with Gasteiger partial charge >= 0.3 is 12.3 Å². The molecular formula is C9H8F3NO3. The van der Waals surface area contributed by atoms with Gasteiger partial charge in [0.25, 0.3) is 0 Å². The molecule has 0 bridgehead atoms. The van der Waals surface area contributed by atoms with Gasteiger partial charge in [-0.25, -0.2) is 4.79 Å². The second-order valence-electron chi connectivity index (χ2n) is 2.95. The van der Waals surface area contributed by atoms with Crippen LogP contribution < -0.4 is 5.73 Å². The summed E-state index contributed by atoms with van der Waals surface area (Å²) in [5, 5.41) is 8.62. The number of carbonyl (C=O) groups is 1. The highest BCUT2D eigenvalue weighted by atomic mass is 19.4. The number of aromatic carboxylic acids is 1. The number of ether oxygens (including phenoxy) is 1. The lowest BCUT2D eigenvalue weighted by molar-refractivity contribution is -0.330. The molecule has 1 aromatic carbocycles. The van der Waals surface area contributed by atoms with Crippen molar-refractivity contribution in [3.05, 3.63) is 29.3 Å². The van der Waals surface area contributed by atoms with E-state index >= 15 is 0 Å². The van der Waals surface area contributed by atoms with Gasteiger partial charge in [-0.15, -0.1) is 13.2 Å². The van der Waals surface area contributed by atoms with Crippen molar-refractivity contribution in [1.29, 1.82) is 0 Å². The van der Waals surface area contributed by atoms with Gasteiger partial charge in [0.15, 0.2) is 0 Å². The van der Waals surface area contributed by atoms with Crippen LogP contribution in [-0.2, 0) is 11.3 Å². The predicted molar refractivity (Wildman–Crippen MR) is 48.7 cm³/mol. The number of hydrogen-bond acceptors (Lipinski definition) is 3. The molecule has 0 atom stereocenters. The Labute approximate surface area is 88.4 Å². The second kappa shape index (κ2) is 4.40. The molecule has 0 saturated carbocycles. The van der Waals surface area contributed by atoms with Crippen molar-refractivity contribution in [1.82, 2.24) is 0 Å². The minimum Gasteiger partial charge on any atom is -0.478 e. The maximum atomic E-state index is 11.8. The lowest BCUT2D eigenvalue weighted by Gasteiger charge is -2.09. The summed E-state index contributed by atoms with van der Waals surface area (Å²) in [5.41, 5.74) is 5.27. The molecule has 16 heavy (non-hydrogen) atoms. The smallest absolute Gasteiger partial charge is 0.478 e. The van der Waals surface area contributed by atoms with Crippen LogP contribution in [0, 0.1) is 0 Å². The van der Waals surface area contributed by atoms with E-state index in [-0.39, 0.29) is 16.8 Å². The van der Waals surface area contributed by atoms with Gasteiger partial charge in [0, 0.05) is 11.3 Å². The summed E-state index contributed by atoms with van der Waals surface area (Å²) in [7, 11) is 0. The minimum absolute atomic E-state index is 0.0165. The molecule has 88 valence electrons. The Hall–Kier alpha value is -1.76. The number of carboxylic acid groups (broad SMARTS) is 1. The van der Waals surface area contributed by atoms with Crippen molar-refractivity contribution in [2.45, 2.75) is 13.0 Å². The van der Waals surface area contributed by atoms with E-state index in [2.05, 4.69) is 4.74 Å². The quantitative estimate of drug-likeness (QED) is 0.786. The van der Waals surface area contributed by atoms with Crippen LogP contribution in [-0.4, -0.2) is 17.4 Å². The molecule has 1 rings (SSSR count). The summed E-state index contributed by atoms with van der Waals surface area (Å²) >= 11 is 0. The van der Waals surface area contributed by atoms with E-state index in [1.807, 2.05) is 0 Å². The Morgan fingerprint density at radius 2 is 2.06 bits per heavy atom. The molecule has 0 saturated heterocycles. The largest absolute Gasteiger partial charge is 0.522 e. The van der Waals surface area contributed by atoms with Crippen LogP contribution in [0.15, 0.2) is 18.2 Å². The first-order chi connectivity index (χ1) is 7.29. The van der Waals surface area contributed by atoms with Crippen molar-refractivity contribution in [3.8, 4) is 0 Å². The van der Waals surface area contributed by atoms with Gasteiger partial charge in [-0.3, -0.25) is 4.74 Å². The lowest BCUT2D eigenvalue weighted by atomic mass is 10.1. The zero-order valence-electron chi connectivity index (χ0n) is 7.91. The summed E-state index contributed by atoms with van der Waals surface area (Å²) in [5.74, 6) is -1.24. The standard InChI is InChI=1S/C9H8F3NO3/c10-9(11,12)16-4-6-3-5(8(14)15)1-2-7(6)13/h1-3H,4,13H2,(H,14,15). The van der Waals surface area contributed by atoms with Gasteiger partial charge in [0.05, 0.1) is 12.2 Å². The van der Waals surface area contributed by atoms with Crippen molar-refractivity contribution in [2.24, 2.45) is 0 Å². The van der Waals surface area contributed by atoms with E-state index in [9.17, 15) is 18.0 Å². The van der Waals surface area contributed by atoms with Crippen LogP contribution >= 0.6 is 0 Å². The molecule has 0 fully saturated rings. The number of carboxylic acids is 1.